The molecule has 0 atom stereocenters. The number of H-pyrrole nitrogens is 2. The van der Waals surface area contributed by atoms with E-state index < -0.39 is 0 Å². The van der Waals surface area contributed by atoms with E-state index in [0.717, 1.165) is 34.9 Å². The molecule has 0 unspecified atom stereocenters. The van der Waals surface area contributed by atoms with E-state index in [-0.39, 0.29) is 0 Å². The molecule has 4 nitrogen and oxygen atoms in total. The highest BCUT2D eigenvalue weighted by atomic mass is 16.5. The van der Waals surface area contributed by atoms with Crippen LogP contribution >= 0.6 is 0 Å². The van der Waals surface area contributed by atoms with Gasteiger partial charge in [-0.15, -0.1) is 0 Å². The third kappa shape index (κ3) is 6.52. The van der Waals surface area contributed by atoms with Gasteiger partial charge in [0.25, 0.3) is 0 Å². The van der Waals surface area contributed by atoms with Crippen LogP contribution in [0.3, 0.4) is 0 Å². The lowest BCUT2D eigenvalue weighted by Gasteiger charge is -2.02. The van der Waals surface area contributed by atoms with Crippen LogP contribution in [0.25, 0.3) is 17.5 Å². The molecule has 0 radical (unpaired) electrons. The summed E-state index contributed by atoms with van der Waals surface area (Å²) in [5.41, 5.74) is 5.22. The van der Waals surface area contributed by atoms with E-state index in [4.69, 9.17) is 9.73 Å². The molecule has 3 heterocycles. The normalized spacial score (nSPS) is 14.7. The highest BCUT2D eigenvalue weighted by molar-refractivity contribution is 5.99. The Balaban J connectivity index is 1.52. The Hall–Kier alpha value is -2.49. The quantitative estimate of drug-likeness (QED) is 0.345. The maximum Gasteiger partial charge on any atom is 0.144 e. The zero-order valence-corrected chi connectivity index (χ0v) is 18.0. The minimum absolute atomic E-state index is 0.640. The smallest absolute Gasteiger partial charge is 0.144 e. The van der Waals surface area contributed by atoms with Crippen molar-refractivity contribution < 1.29 is 4.74 Å². The van der Waals surface area contributed by atoms with Gasteiger partial charge in [-0.2, -0.15) is 0 Å². The van der Waals surface area contributed by atoms with Gasteiger partial charge in [0, 0.05) is 18.0 Å². The molecule has 0 fully saturated rings. The van der Waals surface area contributed by atoms with Crippen LogP contribution in [-0.2, 0) is 0 Å². The first-order valence-electron chi connectivity index (χ1n) is 11.3. The molecule has 0 saturated carbocycles. The molecule has 29 heavy (non-hydrogen) atoms. The van der Waals surface area contributed by atoms with Gasteiger partial charge in [0.1, 0.15) is 5.75 Å². The number of allylic oxidation sites excluding steroid dienone is 2. The van der Waals surface area contributed by atoms with Crippen molar-refractivity contribution in [3.63, 3.8) is 0 Å². The molecule has 0 aliphatic carbocycles. The predicted octanol–water partition coefficient (Wildman–Crippen LogP) is 7.29. The van der Waals surface area contributed by atoms with Crippen LogP contribution in [0.5, 0.6) is 5.75 Å². The van der Waals surface area contributed by atoms with Gasteiger partial charge in [-0.3, -0.25) is 4.99 Å². The highest BCUT2D eigenvalue weighted by Crippen LogP contribution is 2.29. The molecule has 2 aromatic heterocycles. The highest BCUT2D eigenvalue weighted by Gasteiger charge is 2.12. The van der Waals surface area contributed by atoms with Gasteiger partial charge in [-0.05, 0) is 50.1 Å². The summed E-state index contributed by atoms with van der Waals surface area (Å²) < 4.78 is 5.82. The lowest BCUT2D eigenvalue weighted by molar-refractivity contribution is 0.340. The number of unbranched alkanes of at least 4 members (excludes halogenated alkanes) is 7. The first-order chi connectivity index (χ1) is 14.3. The SMILES string of the molecule is CCCCCCCCCCC1=NC(=Cc2[nH]c(-c3ccc[nH]3)cc2OCC)C=C1. The molecule has 0 amide bonds. The number of rotatable bonds is 13. The fraction of sp³-hybridized carbons (Fsp3) is 0.480. The van der Waals surface area contributed by atoms with E-state index in [1.807, 2.05) is 31.3 Å². The Morgan fingerprint density at radius 3 is 2.48 bits per heavy atom. The number of ether oxygens (including phenoxy) is 1. The van der Waals surface area contributed by atoms with Crippen LogP contribution in [0.15, 0.2) is 47.2 Å². The van der Waals surface area contributed by atoms with Crippen LogP contribution in [0, 0.1) is 0 Å². The van der Waals surface area contributed by atoms with Crippen molar-refractivity contribution in [2.45, 2.75) is 71.6 Å². The van der Waals surface area contributed by atoms with Gasteiger partial charge in [-0.1, -0.05) is 51.9 Å². The second kappa shape index (κ2) is 11.5. The van der Waals surface area contributed by atoms with Gasteiger partial charge in [0.2, 0.25) is 0 Å². The summed E-state index contributed by atoms with van der Waals surface area (Å²) in [5, 5.41) is 0. The van der Waals surface area contributed by atoms with Crippen molar-refractivity contribution in [2.24, 2.45) is 4.99 Å². The minimum Gasteiger partial charge on any atom is -0.492 e. The third-order valence-electron chi connectivity index (χ3n) is 5.30. The van der Waals surface area contributed by atoms with Crippen LogP contribution in [0.1, 0.15) is 77.3 Å². The molecule has 2 aromatic rings. The first kappa shape index (κ1) is 21.2. The molecule has 0 spiro atoms. The summed E-state index contributed by atoms with van der Waals surface area (Å²) >= 11 is 0. The molecule has 2 N–H and O–H groups in total. The van der Waals surface area contributed by atoms with Crippen molar-refractivity contribution in [1.82, 2.24) is 9.97 Å². The fourth-order valence-electron chi connectivity index (χ4n) is 3.71. The maximum absolute atomic E-state index is 5.82. The summed E-state index contributed by atoms with van der Waals surface area (Å²) in [7, 11) is 0. The molecule has 4 heteroatoms. The number of nitrogens with zero attached hydrogens (tertiary/aromatic N) is 1. The van der Waals surface area contributed by atoms with E-state index in [2.05, 4.69) is 35.1 Å². The van der Waals surface area contributed by atoms with E-state index >= 15 is 0 Å². The Kier molecular flexibility index (Phi) is 8.41. The van der Waals surface area contributed by atoms with Crippen molar-refractivity contribution in [2.75, 3.05) is 6.61 Å². The lowest BCUT2D eigenvalue weighted by atomic mass is 10.1. The summed E-state index contributed by atoms with van der Waals surface area (Å²) in [6.07, 6.45) is 20.1. The van der Waals surface area contributed by atoms with E-state index in [1.54, 1.807) is 0 Å². The Bertz CT molecular complexity index is 824. The number of nitrogens with one attached hydrogen (secondary N) is 2. The minimum atomic E-state index is 0.640. The van der Waals surface area contributed by atoms with E-state index in [1.165, 1.54) is 57.1 Å². The molecule has 0 aromatic carbocycles. The van der Waals surface area contributed by atoms with Crippen molar-refractivity contribution in [1.29, 1.82) is 0 Å². The van der Waals surface area contributed by atoms with Gasteiger partial charge in [-0.25, -0.2) is 0 Å². The summed E-state index contributed by atoms with van der Waals surface area (Å²) in [6, 6.07) is 6.09. The number of aromatic nitrogens is 2. The molecular formula is C25H35N3O. The number of aromatic amines is 2. The van der Waals surface area contributed by atoms with Gasteiger partial charge < -0.3 is 14.7 Å². The van der Waals surface area contributed by atoms with Crippen LogP contribution < -0.4 is 4.74 Å². The van der Waals surface area contributed by atoms with Crippen molar-refractivity contribution in [3.05, 3.63) is 47.9 Å². The predicted molar refractivity (Wildman–Crippen MR) is 124 cm³/mol. The monoisotopic (exact) mass is 393 g/mol. The summed E-state index contributed by atoms with van der Waals surface area (Å²) in [6.45, 7) is 4.92. The average Bonchev–Trinajstić information content (AvgIpc) is 3.46. The zero-order valence-electron chi connectivity index (χ0n) is 18.0. The summed E-state index contributed by atoms with van der Waals surface area (Å²) in [4.78, 5) is 11.5. The van der Waals surface area contributed by atoms with E-state index in [9.17, 15) is 0 Å². The molecule has 1 aliphatic heterocycles. The topological polar surface area (TPSA) is 53.2 Å². The Labute approximate surface area is 175 Å². The molecule has 0 bridgehead atoms. The average molecular weight is 394 g/mol. The second-order valence-corrected chi connectivity index (χ2v) is 7.71. The van der Waals surface area contributed by atoms with Crippen molar-refractivity contribution >= 4 is 11.8 Å². The largest absolute Gasteiger partial charge is 0.492 e. The van der Waals surface area contributed by atoms with Gasteiger partial charge in [0.15, 0.2) is 0 Å². The number of hydrogen-bond acceptors (Lipinski definition) is 2. The maximum atomic E-state index is 5.82. The molecule has 0 saturated heterocycles. The van der Waals surface area contributed by atoms with Crippen LogP contribution in [0.4, 0.5) is 0 Å². The van der Waals surface area contributed by atoms with Crippen LogP contribution in [-0.4, -0.2) is 22.3 Å². The Morgan fingerprint density at radius 2 is 1.76 bits per heavy atom. The van der Waals surface area contributed by atoms with Crippen molar-refractivity contribution in [3.8, 4) is 17.1 Å². The lowest BCUT2D eigenvalue weighted by Crippen LogP contribution is -1.92. The molecule has 3 rings (SSSR count). The van der Waals surface area contributed by atoms with Crippen LogP contribution in [0.2, 0.25) is 0 Å². The zero-order chi connectivity index (χ0) is 20.3. The number of hydrogen-bond donors (Lipinski definition) is 2. The fourth-order valence-corrected chi connectivity index (χ4v) is 3.71. The third-order valence-corrected chi connectivity index (χ3v) is 5.30. The Morgan fingerprint density at radius 1 is 0.966 bits per heavy atom. The summed E-state index contributed by atoms with van der Waals surface area (Å²) in [5.74, 6) is 0.865. The first-order valence-corrected chi connectivity index (χ1v) is 11.3. The molecular weight excluding hydrogens is 358 g/mol. The van der Waals surface area contributed by atoms with Gasteiger partial charge in [0.05, 0.1) is 29.4 Å². The second-order valence-electron chi connectivity index (χ2n) is 7.71. The standard InChI is InChI=1S/C25H35N3O/c1-3-5-6-7-8-9-10-11-13-20-15-16-21(27-20)18-24-25(29-4-2)19-23(28-24)22-14-12-17-26-22/h12,14-19,26,28H,3-11,13H2,1-2H3. The van der Waals surface area contributed by atoms with E-state index in [0.29, 0.717) is 6.61 Å². The number of aliphatic imine (C=N–C) groups is 1. The molecule has 1 aliphatic rings. The van der Waals surface area contributed by atoms with Gasteiger partial charge >= 0.3 is 0 Å². The molecule has 156 valence electrons.